The van der Waals surface area contributed by atoms with Crippen molar-refractivity contribution in [3.05, 3.63) is 16.3 Å². The summed E-state index contributed by atoms with van der Waals surface area (Å²) in [6, 6.07) is 2.23. The van der Waals surface area contributed by atoms with E-state index in [0.717, 1.165) is 19.6 Å². The van der Waals surface area contributed by atoms with Crippen LogP contribution in [0.4, 0.5) is 0 Å². The van der Waals surface area contributed by atoms with Gasteiger partial charge >= 0.3 is 0 Å². The number of carbonyl (C=O) groups is 1. The van der Waals surface area contributed by atoms with Crippen molar-refractivity contribution in [1.82, 2.24) is 10.2 Å². The fraction of sp³-hybridized carbons (Fsp3) is 0.615. The molecule has 1 aromatic heterocycles. The van der Waals surface area contributed by atoms with Gasteiger partial charge in [0, 0.05) is 25.7 Å². The summed E-state index contributed by atoms with van der Waals surface area (Å²) in [5, 5.41) is 5.35. The molecule has 0 spiro atoms. The van der Waals surface area contributed by atoms with Gasteiger partial charge in [-0.3, -0.25) is 4.79 Å². The zero-order valence-electron chi connectivity index (χ0n) is 11.1. The van der Waals surface area contributed by atoms with Gasteiger partial charge < -0.3 is 15.0 Å². The van der Waals surface area contributed by atoms with Gasteiger partial charge in [0.2, 0.25) is 0 Å². The Labute approximate surface area is 112 Å². The third-order valence-electron chi connectivity index (χ3n) is 3.34. The zero-order valence-corrected chi connectivity index (χ0v) is 11.9. The van der Waals surface area contributed by atoms with Gasteiger partial charge in [0.15, 0.2) is 0 Å². The first-order valence-electron chi connectivity index (χ1n) is 6.27. The Hall–Kier alpha value is -1.07. The predicted molar refractivity (Wildman–Crippen MR) is 73.4 cm³/mol. The fourth-order valence-electron chi connectivity index (χ4n) is 2.17. The molecule has 2 heterocycles. The lowest BCUT2D eigenvalue weighted by Crippen LogP contribution is -2.54. The van der Waals surface area contributed by atoms with E-state index in [1.54, 1.807) is 7.11 Å². The second-order valence-corrected chi connectivity index (χ2v) is 5.79. The Kier molecular flexibility index (Phi) is 4.24. The number of hydrogen-bond acceptors (Lipinski definition) is 4. The van der Waals surface area contributed by atoms with Crippen molar-refractivity contribution in [2.75, 3.05) is 26.7 Å². The maximum Gasteiger partial charge on any atom is 0.267 e. The van der Waals surface area contributed by atoms with Gasteiger partial charge in [-0.15, -0.1) is 11.3 Å². The number of methoxy groups -OCH3 is 1. The molecule has 18 heavy (non-hydrogen) atoms. The Bertz CT molecular complexity index is 417. The lowest BCUT2D eigenvalue weighted by atomic mass is 10.0. The average molecular weight is 268 g/mol. The van der Waals surface area contributed by atoms with Gasteiger partial charge in [-0.05, 0) is 17.4 Å². The molecule has 1 atom stereocenters. The second-order valence-electron chi connectivity index (χ2n) is 4.87. The number of amides is 1. The summed E-state index contributed by atoms with van der Waals surface area (Å²) in [4.78, 5) is 15.1. The van der Waals surface area contributed by atoms with Gasteiger partial charge in [-0.2, -0.15) is 0 Å². The number of thiophene rings is 1. The summed E-state index contributed by atoms with van der Waals surface area (Å²) in [6.07, 6.45) is 0. The molecule has 1 fully saturated rings. The third kappa shape index (κ3) is 2.67. The van der Waals surface area contributed by atoms with Crippen molar-refractivity contribution in [3.8, 4) is 5.75 Å². The van der Waals surface area contributed by atoms with Crippen LogP contribution in [0.1, 0.15) is 23.5 Å². The number of ether oxygens (including phenoxy) is 1. The molecule has 2 rings (SSSR count). The van der Waals surface area contributed by atoms with Gasteiger partial charge in [0.25, 0.3) is 5.91 Å². The number of piperazine rings is 1. The first kappa shape index (κ1) is 13.4. The van der Waals surface area contributed by atoms with Crippen LogP contribution in [-0.2, 0) is 0 Å². The van der Waals surface area contributed by atoms with Crippen LogP contribution in [0, 0.1) is 5.92 Å². The van der Waals surface area contributed by atoms with Crippen molar-refractivity contribution in [2.45, 2.75) is 19.9 Å². The zero-order chi connectivity index (χ0) is 13.1. The van der Waals surface area contributed by atoms with Crippen LogP contribution in [0.25, 0.3) is 0 Å². The minimum atomic E-state index is 0.0917. The number of nitrogens with one attached hydrogen (secondary N) is 1. The molecule has 0 bridgehead atoms. The van der Waals surface area contributed by atoms with Crippen molar-refractivity contribution in [3.63, 3.8) is 0 Å². The van der Waals surface area contributed by atoms with E-state index < -0.39 is 0 Å². The topological polar surface area (TPSA) is 41.6 Å². The maximum absolute atomic E-state index is 12.4. The molecule has 100 valence electrons. The number of nitrogens with zero attached hydrogens (tertiary/aromatic N) is 1. The lowest BCUT2D eigenvalue weighted by Gasteiger charge is -2.35. The molecule has 1 saturated heterocycles. The molecule has 1 aliphatic rings. The molecule has 0 aliphatic carbocycles. The van der Waals surface area contributed by atoms with Crippen LogP contribution >= 0.6 is 11.3 Å². The molecule has 1 N–H and O–H groups in total. The number of hydrogen-bond donors (Lipinski definition) is 1. The molecule has 1 aliphatic heterocycles. The van der Waals surface area contributed by atoms with E-state index >= 15 is 0 Å². The molecule has 0 saturated carbocycles. The fourth-order valence-corrected chi connectivity index (χ4v) is 2.99. The minimum Gasteiger partial charge on any atom is -0.495 e. The van der Waals surface area contributed by atoms with Crippen molar-refractivity contribution in [1.29, 1.82) is 0 Å². The van der Waals surface area contributed by atoms with Gasteiger partial charge in [-0.25, -0.2) is 0 Å². The molecule has 1 aromatic rings. The highest BCUT2D eigenvalue weighted by Crippen LogP contribution is 2.26. The van der Waals surface area contributed by atoms with E-state index in [4.69, 9.17) is 4.74 Å². The van der Waals surface area contributed by atoms with E-state index in [1.165, 1.54) is 11.3 Å². The van der Waals surface area contributed by atoms with Crippen molar-refractivity contribution >= 4 is 17.2 Å². The van der Waals surface area contributed by atoms with Crippen molar-refractivity contribution in [2.24, 2.45) is 5.92 Å². The monoisotopic (exact) mass is 268 g/mol. The van der Waals surface area contributed by atoms with Crippen LogP contribution < -0.4 is 10.1 Å². The van der Waals surface area contributed by atoms with E-state index in [0.29, 0.717) is 22.6 Å². The summed E-state index contributed by atoms with van der Waals surface area (Å²) in [5.41, 5.74) is 0. The maximum atomic E-state index is 12.4. The standard InChI is InChI=1S/C13H20N2O2S/c1-9(2)10-8-15(6-5-14-10)13(16)12-11(17-3)4-7-18-12/h4,7,9-10,14H,5-6,8H2,1-3H3. The first-order chi connectivity index (χ1) is 8.63. The largest absolute Gasteiger partial charge is 0.495 e. The highest BCUT2D eigenvalue weighted by Gasteiger charge is 2.27. The van der Waals surface area contributed by atoms with E-state index in [-0.39, 0.29) is 5.91 Å². The summed E-state index contributed by atoms with van der Waals surface area (Å²) >= 11 is 1.45. The van der Waals surface area contributed by atoms with Crippen LogP contribution in [0.15, 0.2) is 11.4 Å². The summed E-state index contributed by atoms with van der Waals surface area (Å²) < 4.78 is 5.22. The molecule has 1 amide bonds. The molecule has 0 radical (unpaired) electrons. The van der Waals surface area contributed by atoms with E-state index in [2.05, 4.69) is 19.2 Å². The summed E-state index contributed by atoms with van der Waals surface area (Å²) in [6.45, 7) is 6.76. The highest BCUT2D eigenvalue weighted by molar-refractivity contribution is 7.12. The van der Waals surface area contributed by atoms with E-state index in [1.807, 2.05) is 16.3 Å². The Morgan fingerprint density at radius 3 is 3.06 bits per heavy atom. The van der Waals surface area contributed by atoms with Crippen LogP contribution in [0.2, 0.25) is 0 Å². The quantitative estimate of drug-likeness (QED) is 0.909. The van der Waals surface area contributed by atoms with Gasteiger partial charge in [0.1, 0.15) is 10.6 Å². The van der Waals surface area contributed by atoms with Crippen LogP contribution in [0.3, 0.4) is 0 Å². The smallest absolute Gasteiger partial charge is 0.267 e. The molecular formula is C13H20N2O2S. The first-order valence-corrected chi connectivity index (χ1v) is 7.15. The molecule has 1 unspecified atom stereocenters. The normalized spacial score (nSPS) is 20.2. The lowest BCUT2D eigenvalue weighted by molar-refractivity contribution is 0.0686. The Morgan fingerprint density at radius 2 is 2.39 bits per heavy atom. The third-order valence-corrected chi connectivity index (χ3v) is 4.22. The Morgan fingerprint density at radius 1 is 1.61 bits per heavy atom. The van der Waals surface area contributed by atoms with Crippen LogP contribution in [-0.4, -0.2) is 43.6 Å². The average Bonchev–Trinajstić information content (AvgIpc) is 2.86. The molecule has 0 aromatic carbocycles. The number of carbonyl (C=O) groups excluding carboxylic acids is 1. The predicted octanol–water partition coefficient (Wildman–Crippen LogP) is 1.83. The second kappa shape index (κ2) is 5.71. The van der Waals surface area contributed by atoms with Crippen LogP contribution in [0.5, 0.6) is 5.75 Å². The van der Waals surface area contributed by atoms with Gasteiger partial charge in [-0.1, -0.05) is 13.8 Å². The summed E-state index contributed by atoms with van der Waals surface area (Å²) in [7, 11) is 1.60. The highest BCUT2D eigenvalue weighted by atomic mass is 32.1. The number of rotatable bonds is 3. The molecule has 4 nitrogen and oxygen atoms in total. The SMILES string of the molecule is COc1ccsc1C(=O)N1CCNC(C(C)C)C1. The molecule has 5 heteroatoms. The molecular weight excluding hydrogens is 248 g/mol. The van der Waals surface area contributed by atoms with E-state index in [9.17, 15) is 4.79 Å². The minimum absolute atomic E-state index is 0.0917. The Balaban J connectivity index is 2.09. The van der Waals surface area contributed by atoms with Crippen molar-refractivity contribution < 1.29 is 9.53 Å². The summed E-state index contributed by atoms with van der Waals surface area (Å²) in [5.74, 6) is 1.31. The van der Waals surface area contributed by atoms with Gasteiger partial charge in [0.05, 0.1) is 7.11 Å².